The van der Waals surface area contributed by atoms with Crippen LogP contribution in [0.25, 0.3) is 0 Å². The van der Waals surface area contributed by atoms with E-state index < -0.39 is 11.7 Å². The van der Waals surface area contributed by atoms with Crippen molar-refractivity contribution in [1.82, 2.24) is 9.88 Å². The van der Waals surface area contributed by atoms with Crippen LogP contribution in [0.3, 0.4) is 0 Å². The Morgan fingerprint density at radius 2 is 1.95 bits per heavy atom. The number of rotatable bonds is 4. The molecule has 1 aliphatic carbocycles. The Kier molecular flexibility index (Phi) is 5.39. The van der Waals surface area contributed by atoms with E-state index in [1.165, 1.54) is 17.6 Å². The maximum absolute atomic E-state index is 11.7. The Morgan fingerprint density at radius 1 is 1.32 bits per heavy atom. The number of nitrogens with zero attached hydrogens (tertiary/aromatic N) is 1. The molecule has 0 aromatic carbocycles. The number of hydrogen-bond donors (Lipinski definition) is 1. The number of halogens is 1. The van der Waals surface area contributed by atoms with Gasteiger partial charge in [0, 0.05) is 32.3 Å². The van der Waals surface area contributed by atoms with E-state index >= 15 is 0 Å². The molecule has 120 valence electrons. The summed E-state index contributed by atoms with van der Waals surface area (Å²) in [7, 11) is 1.68. The van der Waals surface area contributed by atoms with Crippen LogP contribution in [0.1, 0.15) is 32.6 Å². The van der Waals surface area contributed by atoms with Crippen LogP contribution >= 0.6 is 15.9 Å². The van der Waals surface area contributed by atoms with Crippen molar-refractivity contribution in [2.24, 2.45) is 7.05 Å². The van der Waals surface area contributed by atoms with Crippen LogP contribution in [0.5, 0.6) is 5.75 Å². The van der Waals surface area contributed by atoms with Crippen molar-refractivity contribution in [2.45, 2.75) is 44.8 Å². The molecule has 0 unspecified atom stereocenters. The van der Waals surface area contributed by atoms with E-state index in [1.807, 2.05) is 0 Å². The van der Waals surface area contributed by atoms with E-state index in [1.54, 1.807) is 13.2 Å². The van der Waals surface area contributed by atoms with Gasteiger partial charge in [-0.05, 0) is 41.6 Å². The van der Waals surface area contributed by atoms with E-state index in [0.717, 1.165) is 30.2 Å². The highest BCUT2D eigenvalue weighted by atomic mass is 79.9. The molecule has 0 atom stereocenters. The van der Waals surface area contributed by atoms with Gasteiger partial charge in [-0.3, -0.25) is 14.4 Å². The zero-order valence-corrected chi connectivity index (χ0v) is 14.2. The number of hydrogen-bond acceptors (Lipinski definition) is 4. The van der Waals surface area contributed by atoms with Gasteiger partial charge in [0.15, 0.2) is 0 Å². The second-order valence-corrected chi connectivity index (χ2v) is 6.41. The van der Waals surface area contributed by atoms with Gasteiger partial charge < -0.3 is 14.6 Å². The molecule has 1 fully saturated rings. The van der Waals surface area contributed by atoms with Crippen molar-refractivity contribution in [1.29, 1.82) is 0 Å². The number of carbonyl (C=O) groups is 2. The second-order valence-electron chi connectivity index (χ2n) is 5.56. The van der Waals surface area contributed by atoms with Gasteiger partial charge in [0.25, 0.3) is 11.5 Å². The van der Waals surface area contributed by atoms with Gasteiger partial charge in [-0.25, -0.2) is 0 Å². The highest BCUT2D eigenvalue weighted by Crippen LogP contribution is 2.28. The summed E-state index contributed by atoms with van der Waals surface area (Å²) < 4.78 is 8.10. The lowest BCUT2D eigenvalue weighted by Crippen LogP contribution is -2.42. The molecule has 1 N–H and O–H groups in total. The first-order valence-electron chi connectivity index (χ1n) is 7.21. The molecule has 2 rings (SSSR count). The summed E-state index contributed by atoms with van der Waals surface area (Å²) in [6.07, 6.45) is 4.73. The Labute approximate surface area is 137 Å². The van der Waals surface area contributed by atoms with Crippen molar-refractivity contribution in [3.8, 4) is 5.75 Å². The smallest absolute Gasteiger partial charge is 0.287 e. The molecular weight excluding hydrogens is 352 g/mol. The number of amides is 1. The summed E-state index contributed by atoms with van der Waals surface area (Å²) in [5, 5.41) is 2.72. The van der Waals surface area contributed by atoms with Crippen LogP contribution < -0.4 is 15.6 Å². The third kappa shape index (κ3) is 4.19. The van der Waals surface area contributed by atoms with Crippen LogP contribution in [0.15, 0.2) is 21.5 Å². The fourth-order valence-electron chi connectivity index (χ4n) is 2.46. The highest BCUT2D eigenvalue weighted by molar-refractivity contribution is 9.10. The molecule has 1 aromatic rings. The molecule has 7 heteroatoms. The van der Waals surface area contributed by atoms with Crippen LogP contribution in [0.4, 0.5) is 0 Å². The second kappa shape index (κ2) is 7.09. The summed E-state index contributed by atoms with van der Waals surface area (Å²) in [5.74, 6) is -0.458. The highest BCUT2D eigenvalue weighted by Gasteiger charge is 2.25. The average Bonchev–Trinajstić information content (AvgIpc) is 2.46. The van der Waals surface area contributed by atoms with Crippen molar-refractivity contribution < 1.29 is 14.3 Å². The van der Waals surface area contributed by atoms with E-state index in [0.29, 0.717) is 5.75 Å². The monoisotopic (exact) mass is 370 g/mol. The Hall–Kier alpha value is -1.63. The maximum atomic E-state index is 11.7. The number of carbonyl (C=O) groups excluding carboxylic acids is 2. The largest absolute Gasteiger partial charge is 0.489 e. The quantitative estimate of drug-likeness (QED) is 0.815. The number of aromatic nitrogens is 1. The van der Waals surface area contributed by atoms with Crippen LogP contribution in [-0.4, -0.2) is 28.4 Å². The van der Waals surface area contributed by atoms with Crippen LogP contribution in [0, 0.1) is 0 Å². The first-order chi connectivity index (χ1) is 10.4. The molecule has 22 heavy (non-hydrogen) atoms. The van der Waals surface area contributed by atoms with Crippen LogP contribution in [0.2, 0.25) is 0 Å². The maximum Gasteiger partial charge on any atom is 0.287 e. The minimum absolute atomic E-state index is 0.00823. The molecule has 0 spiro atoms. The van der Waals surface area contributed by atoms with Crippen molar-refractivity contribution in [2.75, 3.05) is 0 Å². The molecule has 0 aliphatic heterocycles. The zero-order valence-electron chi connectivity index (χ0n) is 12.6. The third-order valence-electron chi connectivity index (χ3n) is 3.77. The minimum Gasteiger partial charge on any atom is -0.489 e. The molecule has 1 saturated carbocycles. The van der Waals surface area contributed by atoms with Gasteiger partial charge in [-0.15, -0.1) is 0 Å². The van der Waals surface area contributed by atoms with Crippen molar-refractivity contribution in [3.63, 3.8) is 0 Å². The molecule has 6 nitrogen and oxygen atoms in total. The number of ketones is 1. The Bertz CT molecular complexity index is 633. The molecule has 1 aliphatic rings. The lowest BCUT2D eigenvalue weighted by atomic mass is 9.93. The van der Waals surface area contributed by atoms with Gasteiger partial charge >= 0.3 is 0 Å². The molecule has 0 saturated heterocycles. The predicted octanol–water partition coefficient (Wildman–Crippen LogP) is 1.54. The summed E-state index contributed by atoms with van der Waals surface area (Å²) in [6.45, 7) is 1.26. The fraction of sp³-hybridized carbons (Fsp3) is 0.533. The number of Topliss-reactive ketones (excluding diaryl/α,β-unsaturated/α-hetero) is 1. The van der Waals surface area contributed by atoms with E-state index in [-0.39, 0.29) is 17.7 Å². The SMILES string of the molecule is CC(=O)C(=O)NC1CCC(Oc2cc(=O)n(C)cc2Br)CC1. The minimum atomic E-state index is -0.529. The average molecular weight is 371 g/mol. The normalized spacial score (nSPS) is 21.2. The van der Waals surface area contributed by atoms with Gasteiger partial charge in [-0.2, -0.15) is 0 Å². The molecule has 1 amide bonds. The van der Waals surface area contributed by atoms with E-state index in [2.05, 4.69) is 21.2 Å². The molecule has 1 aromatic heterocycles. The number of pyridine rings is 1. The van der Waals surface area contributed by atoms with E-state index in [9.17, 15) is 14.4 Å². The summed E-state index contributed by atoms with van der Waals surface area (Å²) in [6, 6.07) is 1.48. The topological polar surface area (TPSA) is 77.4 Å². The Balaban J connectivity index is 1.90. The predicted molar refractivity (Wildman–Crippen MR) is 84.9 cm³/mol. The summed E-state index contributed by atoms with van der Waals surface area (Å²) in [4.78, 5) is 34.0. The first kappa shape index (κ1) is 16.7. The third-order valence-corrected chi connectivity index (χ3v) is 4.36. The molecule has 1 heterocycles. The van der Waals surface area contributed by atoms with Crippen molar-refractivity contribution >= 4 is 27.6 Å². The van der Waals surface area contributed by atoms with E-state index in [4.69, 9.17) is 4.74 Å². The Morgan fingerprint density at radius 3 is 2.55 bits per heavy atom. The zero-order chi connectivity index (χ0) is 16.3. The number of nitrogens with one attached hydrogen (secondary N) is 1. The molecule has 0 radical (unpaired) electrons. The van der Waals surface area contributed by atoms with Crippen molar-refractivity contribution in [3.05, 3.63) is 27.1 Å². The van der Waals surface area contributed by atoms with Gasteiger partial charge in [0.1, 0.15) is 5.75 Å². The summed E-state index contributed by atoms with van der Waals surface area (Å²) >= 11 is 3.39. The van der Waals surface area contributed by atoms with Gasteiger partial charge in [0.05, 0.1) is 10.6 Å². The number of ether oxygens (including phenoxy) is 1. The lowest BCUT2D eigenvalue weighted by Gasteiger charge is -2.29. The van der Waals surface area contributed by atoms with Gasteiger partial charge in [-0.1, -0.05) is 0 Å². The first-order valence-corrected chi connectivity index (χ1v) is 8.00. The summed E-state index contributed by atoms with van der Waals surface area (Å²) in [5.41, 5.74) is -0.124. The molecule has 0 bridgehead atoms. The molecular formula is C15H19BrN2O4. The van der Waals surface area contributed by atoms with Crippen LogP contribution in [-0.2, 0) is 16.6 Å². The number of aryl methyl sites for hydroxylation is 1. The fourth-order valence-corrected chi connectivity index (χ4v) is 2.98. The van der Waals surface area contributed by atoms with Gasteiger partial charge in [0.2, 0.25) is 5.78 Å². The standard InChI is InChI=1S/C15H19BrN2O4/c1-9(19)15(21)17-10-3-5-11(6-4-10)22-13-7-14(20)18(2)8-12(13)16/h7-8,10-11H,3-6H2,1-2H3,(H,17,21). The lowest BCUT2D eigenvalue weighted by molar-refractivity contribution is -0.137.